The molecule has 25 heavy (non-hydrogen) atoms. The van der Waals surface area contributed by atoms with Gasteiger partial charge in [-0.2, -0.15) is 0 Å². The Morgan fingerprint density at radius 2 is 2.04 bits per heavy atom. The van der Waals surface area contributed by atoms with E-state index in [1.807, 2.05) is 38.1 Å². The van der Waals surface area contributed by atoms with E-state index in [4.69, 9.17) is 8.83 Å². The average molecular weight is 353 g/mol. The Morgan fingerprint density at radius 3 is 2.84 bits per heavy atom. The predicted octanol–water partition coefficient (Wildman–Crippen LogP) is 4.40. The molecule has 1 N–H and O–H groups in total. The SMILES string of the molecule is Cc1[nH]c2ccccc2c1C(=O)CSc1nnc(-c2ccoc2C)o1. The summed E-state index contributed by atoms with van der Waals surface area (Å²) in [5.74, 6) is 1.36. The van der Waals surface area contributed by atoms with Crippen molar-refractivity contribution >= 4 is 28.4 Å². The summed E-state index contributed by atoms with van der Waals surface area (Å²) in [7, 11) is 0. The maximum Gasteiger partial charge on any atom is 0.277 e. The third kappa shape index (κ3) is 2.87. The van der Waals surface area contributed by atoms with E-state index >= 15 is 0 Å². The monoisotopic (exact) mass is 353 g/mol. The number of hydrogen-bond acceptors (Lipinski definition) is 6. The van der Waals surface area contributed by atoms with E-state index in [-0.39, 0.29) is 11.5 Å². The third-order valence-corrected chi connectivity index (χ3v) is 4.81. The van der Waals surface area contributed by atoms with Gasteiger partial charge in [-0.25, -0.2) is 0 Å². The number of H-pyrrole nitrogens is 1. The Kier molecular flexibility index (Phi) is 3.93. The topological polar surface area (TPSA) is 84.9 Å². The lowest BCUT2D eigenvalue weighted by Crippen LogP contribution is -2.03. The van der Waals surface area contributed by atoms with Crippen LogP contribution in [0.1, 0.15) is 21.8 Å². The minimum absolute atomic E-state index is 0.0270. The lowest BCUT2D eigenvalue weighted by Gasteiger charge is -1.99. The summed E-state index contributed by atoms with van der Waals surface area (Å²) < 4.78 is 10.9. The summed E-state index contributed by atoms with van der Waals surface area (Å²) in [5, 5.41) is 9.31. The number of rotatable bonds is 5. The molecule has 0 atom stereocenters. The van der Waals surface area contributed by atoms with Crippen LogP contribution >= 0.6 is 11.8 Å². The second-order valence-corrected chi connectivity index (χ2v) is 6.57. The van der Waals surface area contributed by atoms with Crippen LogP contribution in [0.15, 0.2) is 50.7 Å². The number of para-hydroxylation sites is 1. The van der Waals surface area contributed by atoms with Crippen molar-refractivity contribution in [3.05, 3.63) is 53.6 Å². The van der Waals surface area contributed by atoms with E-state index in [0.29, 0.717) is 22.4 Å². The van der Waals surface area contributed by atoms with Gasteiger partial charge in [0, 0.05) is 22.2 Å². The Hall–Kier alpha value is -2.80. The second-order valence-electron chi connectivity index (χ2n) is 5.65. The standard InChI is InChI=1S/C18H15N3O3S/c1-10-16(13-5-3-4-6-14(13)19-10)15(22)9-25-18-21-20-17(24-18)12-7-8-23-11(12)2/h3-8,19H,9H2,1-2H3. The van der Waals surface area contributed by atoms with Crippen LogP contribution in [0.5, 0.6) is 0 Å². The number of carbonyl (C=O) groups excluding carboxylic acids is 1. The fourth-order valence-corrected chi connectivity index (χ4v) is 3.45. The molecule has 0 bridgehead atoms. The van der Waals surface area contributed by atoms with Crippen molar-refractivity contribution in [3.63, 3.8) is 0 Å². The van der Waals surface area contributed by atoms with Crippen LogP contribution in [0.4, 0.5) is 0 Å². The van der Waals surface area contributed by atoms with Gasteiger partial charge in [-0.15, -0.1) is 10.2 Å². The zero-order valence-corrected chi connectivity index (χ0v) is 14.5. The average Bonchev–Trinajstić information content (AvgIpc) is 3.30. The molecule has 0 radical (unpaired) electrons. The van der Waals surface area contributed by atoms with Crippen LogP contribution in [0.25, 0.3) is 22.4 Å². The summed E-state index contributed by atoms with van der Waals surface area (Å²) in [6, 6.07) is 9.56. The van der Waals surface area contributed by atoms with Gasteiger partial charge in [-0.1, -0.05) is 30.0 Å². The first-order chi connectivity index (χ1) is 12.1. The Balaban J connectivity index is 1.52. The van der Waals surface area contributed by atoms with Crippen LogP contribution in [0, 0.1) is 13.8 Å². The Labute approximate surface area is 147 Å². The Morgan fingerprint density at radius 1 is 1.20 bits per heavy atom. The number of aromatic amines is 1. The number of aryl methyl sites for hydroxylation is 2. The van der Waals surface area contributed by atoms with Gasteiger partial charge in [0.15, 0.2) is 5.78 Å². The van der Waals surface area contributed by atoms with E-state index in [2.05, 4.69) is 15.2 Å². The molecule has 3 heterocycles. The van der Waals surface area contributed by atoms with Crippen molar-refractivity contribution in [3.8, 4) is 11.5 Å². The molecule has 0 spiro atoms. The number of fused-ring (bicyclic) bond motifs is 1. The second kappa shape index (κ2) is 6.25. The van der Waals surface area contributed by atoms with Crippen molar-refractivity contribution < 1.29 is 13.6 Å². The number of carbonyl (C=O) groups is 1. The molecule has 0 unspecified atom stereocenters. The minimum Gasteiger partial charge on any atom is -0.469 e. The number of aromatic nitrogens is 3. The van der Waals surface area contributed by atoms with Gasteiger partial charge >= 0.3 is 0 Å². The first-order valence-corrected chi connectivity index (χ1v) is 8.73. The molecular weight excluding hydrogens is 338 g/mol. The molecule has 0 fully saturated rings. The van der Waals surface area contributed by atoms with Crippen molar-refractivity contribution in [1.82, 2.24) is 15.2 Å². The molecule has 0 aliphatic carbocycles. The van der Waals surface area contributed by atoms with Gasteiger partial charge < -0.3 is 13.8 Å². The summed E-state index contributed by atoms with van der Waals surface area (Å²) in [6.45, 7) is 3.74. The highest BCUT2D eigenvalue weighted by atomic mass is 32.2. The van der Waals surface area contributed by atoms with Gasteiger partial charge in [0.2, 0.25) is 0 Å². The number of nitrogens with zero attached hydrogens (tertiary/aromatic N) is 2. The highest BCUT2D eigenvalue weighted by Gasteiger charge is 2.18. The zero-order chi connectivity index (χ0) is 17.4. The van der Waals surface area contributed by atoms with Crippen molar-refractivity contribution in [2.24, 2.45) is 0 Å². The smallest absolute Gasteiger partial charge is 0.277 e. The predicted molar refractivity (Wildman–Crippen MR) is 94.8 cm³/mol. The highest BCUT2D eigenvalue weighted by molar-refractivity contribution is 7.99. The van der Waals surface area contributed by atoms with Crippen LogP contribution in [0.2, 0.25) is 0 Å². The molecule has 7 heteroatoms. The molecule has 126 valence electrons. The fraction of sp³-hybridized carbons (Fsp3) is 0.167. The number of hydrogen-bond donors (Lipinski definition) is 1. The van der Waals surface area contributed by atoms with Gasteiger partial charge in [0.1, 0.15) is 5.76 Å². The number of benzene rings is 1. The summed E-state index contributed by atoms with van der Waals surface area (Å²) >= 11 is 1.23. The molecule has 0 saturated carbocycles. The molecule has 4 aromatic rings. The van der Waals surface area contributed by atoms with E-state index in [1.54, 1.807) is 12.3 Å². The maximum absolute atomic E-state index is 12.7. The van der Waals surface area contributed by atoms with E-state index in [0.717, 1.165) is 22.2 Å². The Bertz CT molecular complexity index is 1060. The first-order valence-electron chi connectivity index (χ1n) is 7.75. The molecule has 0 aliphatic rings. The van der Waals surface area contributed by atoms with Crippen molar-refractivity contribution in [1.29, 1.82) is 0 Å². The molecule has 0 amide bonds. The zero-order valence-electron chi connectivity index (χ0n) is 13.7. The largest absolute Gasteiger partial charge is 0.469 e. The van der Waals surface area contributed by atoms with Crippen LogP contribution < -0.4 is 0 Å². The number of Topliss-reactive ketones (excluding diaryl/α,β-unsaturated/α-hetero) is 1. The highest BCUT2D eigenvalue weighted by Crippen LogP contribution is 2.28. The molecule has 3 aromatic heterocycles. The first kappa shape index (κ1) is 15.7. The normalized spacial score (nSPS) is 11.3. The molecule has 0 saturated heterocycles. The quantitative estimate of drug-likeness (QED) is 0.423. The summed E-state index contributed by atoms with van der Waals surface area (Å²) in [4.78, 5) is 15.9. The van der Waals surface area contributed by atoms with Gasteiger partial charge in [-0.3, -0.25) is 4.79 Å². The van der Waals surface area contributed by atoms with Gasteiger partial charge in [-0.05, 0) is 26.0 Å². The maximum atomic E-state index is 12.7. The fourth-order valence-electron chi connectivity index (χ4n) is 2.82. The van der Waals surface area contributed by atoms with Crippen LogP contribution in [-0.2, 0) is 0 Å². The third-order valence-electron chi connectivity index (χ3n) is 3.99. The van der Waals surface area contributed by atoms with E-state index in [9.17, 15) is 4.79 Å². The minimum atomic E-state index is 0.0270. The van der Waals surface area contributed by atoms with Gasteiger partial charge in [0.05, 0.1) is 17.6 Å². The molecule has 1 aromatic carbocycles. The lowest BCUT2D eigenvalue weighted by atomic mass is 10.1. The number of furan rings is 1. The molecule has 4 rings (SSSR count). The van der Waals surface area contributed by atoms with Crippen molar-refractivity contribution in [2.45, 2.75) is 19.1 Å². The molecule has 0 aliphatic heterocycles. The summed E-state index contributed by atoms with van der Waals surface area (Å²) in [6.07, 6.45) is 1.57. The number of nitrogens with one attached hydrogen (secondary N) is 1. The van der Waals surface area contributed by atoms with E-state index < -0.39 is 0 Å². The van der Waals surface area contributed by atoms with Crippen LogP contribution in [0.3, 0.4) is 0 Å². The van der Waals surface area contributed by atoms with E-state index in [1.165, 1.54) is 11.8 Å². The molecular formula is C18H15N3O3S. The van der Waals surface area contributed by atoms with Crippen molar-refractivity contribution in [2.75, 3.05) is 5.75 Å². The number of ketones is 1. The van der Waals surface area contributed by atoms with Crippen LogP contribution in [-0.4, -0.2) is 26.7 Å². The molecule has 6 nitrogen and oxygen atoms in total. The summed E-state index contributed by atoms with van der Waals surface area (Å²) in [5.41, 5.74) is 3.31. The van der Waals surface area contributed by atoms with Gasteiger partial charge in [0.25, 0.3) is 11.1 Å². The lowest BCUT2D eigenvalue weighted by molar-refractivity contribution is 0.102. The number of thioether (sulfide) groups is 1.